The van der Waals surface area contributed by atoms with Gasteiger partial charge in [0.2, 0.25) is 5.91 Å². The van der Waals surface area contributed by atoms with Crippen LogP contribution in [0.15, 0.2) is 43.0 Å². The van der Waals surface area contributed by atoms with Gasteiger partial charge in [-0.1, -0.05) is 11.6 Å². The number of nitrogens with one attached hydrogen (secondary N) is 1. The summed E-state index contributed by atoms with van der Waals surface area (Å²) in [5, 5.41) is 5.11. The van der Waals surface area contributed by atoms with Crippen LogP contribution in [0.3, 0.4) is 0 Å². The maximum Gasteiger partial charge on any atom is 0.219 e. The van der Waals surface area contributed by atoms with Gasteiger partial charge in [0.05, 0.1) is 24.4 Å². The molecule has 0 aliphatic carbocycles. The summed E-state index contributed by atoms with van der Waals surface area (Å²) in [5.74, 6) is -1.06. The molecule has 1 aliphatic rings. The van der Waals surface area contributed by atoms with Gasteiger partial charge in [0.25, 0.3) is 0 Å². The summed E-state index contributed by atoms with van der Waals surface area (Å²) in [5.41, 5.74) is 3.16. The third kappa shape index (κ3) is 4.32. The lowest BCUT2D eigenvalue weighted by Gasteiger charge is -2.31. The van der Waals surface area contributed by atoms with Crippen molar-refractivity contribution in [2.24, 2.45) is 0 Å². The molecular weight excluding hydrogens is 488 g/mol. The molecule has 0 radical (unpaired) electrons. The van der Waals surface area contributed by atoms with Crippen LogP contribution in [0.2, 0.25) is 5.02 Å². The molecule has 1 amide bonds. The van der Waals surface area contributed by atoms with E-state index in [1.165, 1.54) is 19.2 Å². The van der Waals surface area contributed by atoms with Gasteiger partial charge in [-0.2, -0.15) is 5.10 Å². The average molecular weight is 514 g/mol. The highest BCUT2D eigenvalue weighted by Gasteiger charge is 2.27. The van der Waals surface area contributed by atoms with Crippen LogP contribution in [0, 0.1) is 5.82 Å². The Labute approximate surface area is 212 Å². The Bertz CT molecular complexity index is 1410. The molecule has 1 N–H and O–H groups in total. The second-order valence-corrected chi connectivity index (χ2v) is 9.37. The number of aromatic nitrogens is 4. The van der Waals surface area contributed by atoms with Gasteiger partial charge in [-0.3, -0.25) is 13.9 Å². The highest BCUT2D eigenvalue weighted by atomic mass is 35.5. The van der Waals surface area contributed by atoms with Crippen LogP contribution in [-0.2, 0) is 4.79 Å². The van der Waals surface area contributed by atoms with Crippen LogP contribution in [0.25, 0.3) is 22.2 Å². The van der Waals surface area contributed by atoms with E-state index in [4.69, 9.17) is 16.3 Å². The van der Waals surface area contributed by atoms with Crippen LogP contribution >= 0.6 is 11.6 Å². The summed E-state index contributed by atoms with van der Waals surface area (Å²) in [6, 6.07) is 4.80. The molecule has 10 heteroatoms. The molecule has 188 valence electrons. The minimum Gasteiger partial charge on any atom is -0.496 e. The fraction of sp³-hybridized carbons (Fsp3) is 0.346. The first kappa shape index (κ1) is 24.2. The Kier molecular flexibility index (Phi) is 6.66. The van der Waals surface area contributed by atoms with Crippen molar-refractivity contribution in [1.29, 1.82) is 0 Å². The maximum absolute atomic E-state index is 14.5. The summed E-state index contributed by atoms with van der Waals surface area (Å²) in [6.07, 6.45) is 8.86. The number of methoxy groups -OCH3 is 1. The van der Waals surface area contributed by atoms with Gasteiger partial charge >= 0.3 is 0 Å². The number of H-pyrrole nitrogens is 1. The number of alkyl halides is 1. The van der Waals surface area contributed by atoms with Crippen molar-refractivity contribution in [3.63, 3.8) is 0 Å². The zero-order valence-electron chi connectivity index (χ0n) is 20.0. The van der Waals surface area contributed by atoms with Gasteiger partial charge in [-0.05, 0) is 36.6 Å². The van der Waals surface area contributed by atoms with Crippen molar-refractivity contribution in [2.45, 2.75) is 31.7 Å². The SMILES string of the molecule is COc1ccc(F)c(Cl)c1[C@H](CF)c1c[nH]c2ncc(-c3cnn(C4CCN(C(C)=O)CC4)c3)cc12. The lowest BCUT2D eigenvalue weighted by molar-refractivity contribution is -0.130. The Balaban J connectivity index is 1.48. The number of likely N-dealkylation sites (tertiary alicyclic amines) is 1. The van der Waals surface area contributed by atoms with Gasteiger partial charge < -0.3 is 14.6 Å². The van der Waals surface area contributed by atoms with Crippen LogP contribution in [-0.4, -0.2) is 57.4 Å². The minimum absolute atomic E-state index is 0.0972. The quantitative estimate of drug-likeness (QED) is 0.369. The topological polar surface area (TPSA) is 76.0 Å². The number of hydrogen-bond acceptors (Lipinski definition) is 4. The number of pyridine rings is 1. The van der Waals surface area contributed by atoms with E-state index in [0.717, 1.165) is 24.0 Å². The van der Waals surface area contributed by atoms with E-state index in [0.29, 0.717) is 35.4 Å². The molecule has 0 spiro atoms. The normalized spacial score (nSPS) is 15.4. The number of piperidine rings is 1. The van der Waals surface area contributed by atoms with E-state index in [9.17, 15) is 13.6 Å². The second-order valence-electron chi connectivity index (χ2n) is 8.99. The highest BCUT2D eigenvalue weighted by Crippen LogP contribution is 2.41. The number of rotatable bonds is 6. The summed E-state index contributed by atoms with van der Waals surface area (Å²) in [7, 11) is 1.44. The van der Waals surface area contributed by atoms with Gasteiger partial charge in [-0.15, -0.1) is 0 Å². The van der Waals surface area contributed by atoms with E-state index in [-0.39, 0.29) is 22.5 Å². The third-order valence-electron chi connectivity index (χ3n) is 6.97. The predicted octanol–water partition coefficient (Wildman–Crippen LogP) is 5.51. The van der Waals surface area contributed by atoms with Gasteiger partial charge in [-0.25, -0.2) is 9.37 Å². The molecule has 36 heavy (non-hydrogen) atoms. The number of amides is 1. The van der Waals surface area contributed by atoms with Gasteiger partial charge in [0.15, 0.2) is 0 Å². The number of benzene rings is 1. The molecule has 1 fully saturated rings. The minimum atomic E-state index is -0.844. The van der Waals surface area contributed by atoms with Crippen LogP contribution in [0.5, 0.6) is 5.75 Å². The largest absolute Gasteiger partial charge is 0.496 e. The number of fused-ring (bicyclic) bond motifs is 1. The van der Waals surface area contributed by atoms with Crippen molar-refractivity contribution < 1.29 is 18.3 Å². The van der Waals surface area contributed by atoms with Crippen LogP contribution in [0.1, 0.15) is 42.9 Å². The fourth-order valence-corrected chi connectivity index (χ4v) is 5.26. The predicted molar refractivity (Wildman–Crippen MR) is 134 cm³/mol. The third-order valence-corrected chi connectivity index (χ3v) is 7.36. The first-order valence-electron chi connectivity index (χ1n) is 11.8. The number of carbonyl (C=O) groups excluding carboxylic acids is 1. The molecule has 4 aromatic rings. The van der Waals surface area contributed by atoms with Gasteiger partial charge in [0.1, 0.15) is 23.9 Å². The maximum atomic E-state index is 14.5. The second kappa shape index (κ2) is 9.89. The molecule has 0 unspecified atom stereocenters. The summed E-state index contributed by atoms with van der Waals surface area (Å²) >= 11 is 6.27. The van der Waals surface area contributed by atoms with E-state index in [1.54, 1.807) is 25.5 Å². The molecule has 1 aromatic carbocycles. The van der Waals surface area contributed by atoms with Crippen molar-refractivity contribution >= 4 is 28.5 Å². The van der Waals surface area contributed by atoms with E-state index in [2.05, 4.69) is 15.1 Å². The van der Waals surface area contributed by atoms with Crippen LogP contribution < -0.4 is 4.74 Å². The van der Waals surface area contributed by atoms with E-state index >= 15 is 0 Å². The molecule has 7 nitrogen and oxygen atoms in total. The first-order chi connectivity index (χ1) is 17.4. The Morgan fingerprint density at radius 2 is 2.06 bits per heavy atom. The summed E-state index contributed by atoms with van der Waals surface area (Å²) < 4.78 is 36.1. The van der Waals surface area contributed by atoms with E-state index < -0.39 is 18.4 Å². The molecule has 1 atom stereocenters. The van der Waals surface area contributed by atoms with Gasteiger partial charge in [0, 0.05) is 66.6 Å². The molecule has 4 heterocycles. The number of ether oxygens (including phenoxy) is 1. The van der Waals surface area contributed by atoms with Crippen LogP contribution in [0.4, 0.5) is 8.78 Å². The summed E-state index contributed by atoms with van der Waals surface area (Å²) in [4.78, 5) is 21.1. The molecular formula is C26H26ClF2N5O2. The molecule has 5 rings (SSSR count). The molecule has 0 saturated carbocycles. The fourth-order valence-electron chi connectivity index (χ4n) is 4.97. The smallest absolute Gasteiger partial charge is 0.219 e. The molecule has 1 aliphatic heterocycles. The Morgan fingerprint density at radius 1 is 1.28 bits per heavy atom. The standard InChI is InChI=1S/C26H26ClF2N5O2/c1-15(35)33-7-5-18(6-8-33)34-14-17(12-32-34)16-9-19-21(13-31-26(19)30-11-16)20(10-28)24-23(36-2)4-3-22(29)25(24)27/h3-4,9,11-14,18,20H,5-8,10H2,1-2H3,(H,30,31)/t20-/m1/s1. The number of aromatic amines is 1. The monoisotopic (exact) mass is 513 g/mol. The van der Waals surface area contributed by atoms with E-state index in [1.807, 2.05) is 21.8 Å². The summed E-state index contributed by atoms with van der Waals surface area (Å²) in [6.45, 7) is 2.22. The van der Waals surface area contributed by atoms with Crippen molar-refractivity contribution in [1.82, 2.24) is 24.6 Å². The van der Waals surface area contributed by atoms with Crippen molar-refractivity contribution in [3.8, 4) is 16.9 Å². The number of carbonyl (C=O) groups is 1. The number of hydrogen-bond donors (Lipinski definition) is 1. The first-order valence-corrected chi connectivity index (χ1v) is 12.1. The lowest BCUT2D eigenvalue weighted by Crippen LogP contribution is -2.37. The highest BCUT2D eigenvalue weighted by molar-refractivity contribution is 6.31. The Hall–Kier alpha value is -3.46. The van der Waals surface area contributed by atoms with Crippen molar-refractivity contribution in [2.75, 3.05) is 26.9 Å². The lowest BCUT2D eigenvalue weighted by atomic mass is 9.91. The zero-order chi connectivity index (χ0) is 25.4. The average Bonchev–Trinajstić information content (AvgIpc) is 3.55. The molecule has 3 aromatic heterocycles. The zero-order valence-corrected chi connectivity index (χ0v) is 20.7. The number of nitrogens with zero attached hydrogens (tertiary/aromatic N) is 4. The molecule has 1 saturated heterocycles. The molecule has 0 bridgehead atoms. The van der Waals surface area contributed by atoms with Crippen molar-refractivity contribution in [3.05, 3.63) is 65.0 Å². The Morgan fingerprint density at radius 3 is 2.75 bits per heavy atom. The number of halogens is 3.